The largest absolute Gasteiger partial charge is 0.356 e. The smallest absolute Gasteiger partial charge is 0.224 e. The van der Waals surface area contributed by atoms with Crippen LogP contribution >= 0.6 is 0 Å². The van der Waals surface area contributed by atoms with E-state index in [2.05, 4.69) is 11.9 Å². The number of hydrogen-bond donors (Lipinski definition) is 1. The van der Waals surface area contributed by atoms with Crippen molar-refractivity contribution in [2.75, 3.05) is 6.54 Å². The summed E-state index contributed by atoms with van der Waals surface area (Å²) in [6, 6.07) is 9.06. The molecule has 1 aromatic rings. The summed E-state index contributed by atoms with van der Waals surface area (Å²) in [4.78, 5) is 11.4. The molecule has 1 rings (SSSR count). The lowest BCUT2D eigenvalue weighted by Crippen LogP contribution is -2.25. The van der Waals surface area contributed by atoms with Crippen molar-refractivity contribution in [3.05, 3.63) is 48.0 Å². The van der Waals surface area contributed by atoms with Gasteiger partial charge >= 0.3 is 0 Å². The Morgan fingerprint density at radius 3 is 2.69 bits per heavy atom. The van der Waals surface area contributed by atoms with Crippen LogP contribution in [-0.2, 0) is 11.2 Å². The van der Waals surface area contributed by atoms with E-state index in [1.165, 1.54) is 0 Å². The number of rotatable bonds is 5. The topological polar surface area (TPSA) is 52.9 Å². The van der Waals surface area contributed by atoms with Gasteiger partial charge in [-0.05, 0) is 24.1 Å². The maximum absolute atomic E-state index is 11.4. The molecular weight excluding hydrogens is 200 g/mol. The number of carbonyl (C=O) groups is 1. The first-order valence-electron chi connectivity index (χ1n) is 5.13. The van der Waals surface area contributed by atoms with Gasteiger partial charge in [0.15, 0.2) is 0 Å². The second-order valence-corrected chi connectivity index (χ2v) is 3.41. The van der Waals surface area contributed by atoms with Crippen LogP contribution < -0.4 is 5.32 Å². The van der Waals surface area contributed by atoms with Crippen molar-refractivity contribution in [2.24, 2.45) is 0 Å². The molecule has 1 N–H and O–H groups in total. The minimum atomic E-state index is -0.00782. The highest BCUT2D eigenvalue weighted by atomic mass is 16.1. The highest BCUT2D eigenvalue weighted by Crippen LogP contribution is 2.03. The van der Waals surface area contributed by atoms with Gasteiger partial charge in [-0.2, -0.15) is 5.26 Å². The summed E-state index contributed by atoms with van der Waals surface area (Å²) in [6.07, 6.45) is 2.89. The van der Waals surface area contributed by atoms with Crippen molar-refractivity contribution >= 4 is 5.91 Å². The van der Waals surface area contributed by atoms with Crippen molar-refractivity contribution in [2.45, 2.75) is 12.8 Å². The lowest BCUT2D eigenvalue weighted by atomic mass is 10.1. The molecule has 0 bridgehead atoms. The predicted molar refractivity (Wildman–Crippen MR) is 62.7 cm³/mol. The van der Waals surface area contributed by atoms with Crippen molar-refractivity contribution < 1.29 is 4.79 Å². The van der Waals surface area contributed by atoms with Crippen LogP contribution in [0.1, 0.15) is 17.5 Å². The monoisotopic (exact) mass is 214 g/mol. The Bertz CT molecular complexity index is 401. The summed E-state index contributed by atoms with van der Waals surface area (Å²) in [5.74, 6) is -0.00782. The number of nitrogens with zero attached hydrogens (tertiary/aromatic N) is 1. The van der Waals surface area contributed by atoms with E-state index in [1.54, 1.807) is 30.3 Å². The van der Waals surface area contributed by atoms with Gasteiger partial charge in [0, 0.05) is 6.54 Å². The first-order chi connectivity index (χ1) is 7.76. The first-order valence-corrected chi connectivity index (χ1v) is 5.13. The van der Waals surface area contributed by atoms with Crippen LogP contribution in [0.25, 0.3) is 0 Å². The molecule has 0 aliphatic heterocycles. The van der Waals surface area contributed by atoms with E-state index in [-0.39, 0.29) is 5.91 Å². The molecule has 3 nitrogen and oxygen atoms in total. The number of carbonyl (C=O) groups excluding carboxylic acids is 1. The van der Waals surface area contributed by atoms with E-state index in [0.717, 1.165) is 12.0 Å². The van der Waals surface area contributed by atoms with E-state index in [9.17, 15) is 4.79 Å². The second kappa shape index (κ2) is 6.41. The minimum Gasteiger partial charge on any atom is -0.356 e. The highest BCUT2D eigenvalue weighted by Gasteiger charge is 2.01. The van der Waals surface area contributed by atoms with Crippen LogP contribution in [-0.4, -0.2) is 12.5 Å². The Labute approximate surface area is 95.4 Å². The Morgan fingerprint density at radius 1 is 1.44 bits per heavy atom. The average Bonchev–Trinajstić information content (AvgIpc) is 2.30. The maximum atomic E-state index is 11.4. The molecule has 0 saturated heterocycles. The molecule has 3 heteroatoms. The van der Waals surface area contributed by atoms with Gasteiger partial charge in [0.25, 0.3) is 0 Å². The number of nitrogens with one attached hydrogen (secondary N) is 1. The standard InChI is InChI=1S/C13H14N2O/c1-2-3-8-15-13(16)9-11-4-6-12(10-14)7-5-11/h2,4-7H,1,3,8-9H2,(H,15,16). The predicted octanol–water partition coefficient (Wildman–Crippen LogP) is 1.79. The molecule has 0 unspecified atom stereocenters. The Balaban J connectivity index is 2.44. The van der Waals surface area contributed by atoms with Crippen molar-refractivity contribution in [1.29, 1.82) is 5.26 Å². The molecule has 82 valence electrons. The summed E-state index contributed by atoms with van der Waals surface area (Å²) in [5, 5.41) is 11.4. The molecule has 0 saturated carbocycles. The lowest BCUT2D eigenvalue weighted by Gasteiger charge is -2.03. The van der Waals surface area contributed by atoms with Gasteiger partial charge in [-0.25, -0.2) is 0 Å². The Morgan fingerprint density at radius 2 is 2.12 bits per heavy atom. The van der Waals surface area contributed by atoms with Crippen LogP contribution in [0, 0.1) is 11.3 Å². The van der Waals surface area contributed by atoms with Crippen LogP contribution in [0.2, 0.25) is 0 Å². The van der Waals surface area contributed by atoms with Crippen molar-refractivity contribution in [3.63, 3.8) is 0 Å². The van der Waals surface area contributed by atoms with Gasteiger partial charge < -0.3 is 5.32 Å². The van der Waals surface area contributed by atoms with Crippen LogP contribution in [0.15, 0.2) is 36.9 Å². The average molecular weight is 214 g/mol. The zero-order chi connectivity index (χ0) is 11.8. The summed E-state index contributed by atoms with van der Waals surface area (Å²) in [7, 11) is 0. The highest BCUT2D eigenvalue weighted by molar-refractivity contribution is 5.78. The zero-order valence-electron chi connectivity index (χ0n) is 9.07. The summed E-state index contributed by atoms with van der Waals surface area (Å²) >= 11 is 0. The van der Waals surface area contributed by atoms with Gasteiger partial charge in [0.2, 0.25) is 5.91 Å². The minimum absolute atomic E-state index is 0.00782. The number of benzene rings is 1. The van der Waals surface area contributed by atoms with E-state index < -0.39 is 0 Å². The van der Waals surface area contributed by atoms with E-state index >= 15 is 0 Å². The summed E-state index contributed by atoms with van der Waals surface area (Å²) < 4.78 is 0. The number of hydrogen-bond acceptors (Lipinski definition) is 2. The van der Waals surface area contributed by atoms with Gasteiger partial charge in [-0.15, -0.1) is 6.58 Å². The van der Waals surface area contributed by atoms with Crippen LogP contribution in [0.3, 0.4) is 0 Å². The number of nitriles is 1. The molecule has 1 aromatic carbocycles. The summed E-state index contributed by atoms with van der Waals surface area (Å²) in [6.45, 7) is 4.20. The third-order valence-electron chi connectivity index (χ3n) is 2.12. The molecule has 1 amide bonds. The fourth-order valence-corrected chi connectivity index (χ4v) is 1.26. The molecule has 0 aromatic heterocycles. The Kier molecular flexibility index (Phi) is 4.81. The Hall–Kier alpha value is -2.08. The van der Waals surface area contributed by atoms with E-state index in [1.807, 2.05) is 6.07 Å². The quantitative estimate of drug-likeness (QED) is 0.600. The third kappa shape index (κ3) is 3.97. The van der Waals surface area contributed by atoms with Crippen molar-refractivity contribution in [3.8, 4) is 6.07 Å². The van der Waals surface area contributed by atoms with E-state index in [0.29, 0.717) is 18.5 Å². The normalized spacial score (nSPS) is 9.19. The van der Waals surface area contributed by atoms with Gasteiger partial charge in [0.05, 0.1) is 18.1 Å². The molecule has 0 atom stereocenters. The van der Waals surface area contributed by atoms with Crippen LogP contribution in [0.4, 0.5) is 0 Å². The fourth-order valence-electron chi connectivity index (χ4n) is 1.26. The molecule has 0 radical (unpaired) electrons. The molecular formula is C13H14N2O. The zero-order valence-corrected chi connectivity index (χ0v) is 9.07. The molecule has 0 fully saturated rings. The summed E-state index contributed by atoms with van der Waals surface area (Å²) in [5.41, 5.74) is 1.52. The van der Waals surface area contributed by atoms with Crippen LogP contribution in [0.5, 0.6) is 0 Å². The van der Waals surface area contributed by atoms with Gasteiger partial charge in [-0.3, -0.25) is 4.79 Å². The second-order valence-electron chi connectivity index (χ2n) is 3.41. The molecule has 0 aliphatic carbocycles. The number of amides is 1. The molecule has 16 heavy (non-hydrogen) atoms. The molecule has 0 heterocycles. The SMILES string of the molecule is C=CCCNC(=O)Cc1ccc(C#N)cc1. The van der Waals surface area contributed by atoms with Gasteiger partial charge in [-0.1, -0.05) is 18.2 Å². The fraction of sp³-hybridized carbons (Fsp3) is 0.231. The first kappa shape index (κ1) is 12.0. The maximum Gasteiger partial charge on any atom is 0.224 e. The molecule has 0 spiro atoms. The molecule has 0 aliphatic rings. The lowest BCUT2D eigenvalue weighted by molar-refractivity contribution is -0.120. The van der Waals surface area contributed by atoms with Gasteiger partial charge in [0.1, 0.15) is 0 Å². The third-order valence-corrected chi connectivity index (χ3v) is 2.12. The van der Waals surface area contributed by atoms with E-state index in [4.69, 9.17) is 5.26 Å². The van der Waals surface area contributed by atoms with Crippen molar-refractivity contribution in [1.82, 2.24) is 5.32 Å².